The molecule has 0 radical (unpaired) electrons. The first kappa shape index (κ1) is 20.4. The number of carbonyl (C=O) groups is 1. The number of nitrogens with zero attached hydrogens (tertiary/aromatic N) is 1. The summed E-state index contributed by atoms with van der Waals surface area (Å²) in [5.74, 6) is 2.09. The quantitative estimate of drug-likeness (QED) is 0.688. The van der Waals surface area contributed by atoms with Crippen LogP contribution in [-0.2, 0) is 4.79 Å². The van der Waals surface area contributed by atoms with Crippen LogP contribution in [0.2, 0.25) is 0 Å². The van der Waals surface area contributed by atoms with Crippen molar-refractivity contribution in [2.75, 3.05) is 33.2 Å². The third-order valence-corrected chi connectivity index (χ3v) is 5.28. The summed E-state index contributed by atoms with van der Waals surface area (Å²) in [6, 6.07) is 4.42. The van der Waals surface area contributed by atoms with Gasteiger partial charge in [0.2, 0.25) is 11.7 Å². The van der Waals surface area contributed by atoms with Gasteiger partial charge in [-0.05, 0) is 25.7 Å². The Hall–Kier alpha value is -1.95. The van der Waals surface area contributed by atoms with E-state index in [1.54, 1.807) is 33.5 Å². The van der Waals surface area contributed by atoms with E-state index in [1.807, 2.05) is 0 Å². The Morgan fingerprint density at radius 1 is 1.15 bits per heavy atom. The second-order valence-corrected chi connectivity index (χ2v) is 6.99. The van der Waals surface area contributed by atoms with E-state index in [-0.39, 0.29) is 5.91 Å². The lowest BCUT2D eigenvalue weighted by molar-refractivity contribution is -0.118. The lowest BCUT2D eigenvalue weighted by Gasteiger charge is -2.32. The highest BCUT2D eigenvalue weighted by Crippen LogP contribution is 2.40. The van der Waals surface area contributed by atoms with Crippen LogP contribution in [-0.4, -0.2) is 50.8 Å². The van der Waals surface area contributed by atoms with Crippen molar-refractivity contribution in [1.29, 1.82) is 0 Å². The van der Waals surface area contributed by atoms with E-state index in [0.717, 1.165) is 6.42 Å². The molecule has 1 fully saturated rings. The van der Waals surface area contributed by atoms with Gasteiger partial charge in [0, 0.05) is 29.9 Å². The number of methoxy groups -OCH3 is 3. The average molecular weight is 364 g/mol. The first-order chi connectivity index (χ1) is 12.4. The number of hydrogen-bond donors (Lipinski definition) is 1. The van der Waals surface area contributed by atoms with E-state index in [2.05, 4.69) is 31.0 Å². The van der Waals surface area contributed by atoms with Gasteiger partial charge in [0.05, 0.1) is 27.9 Å². The molecule has 26 heavy (non-hydrogen) atoms. The summed E-state index contributed by atoms with van der Waals surface area (Å²) in [5.41, 5.74) is 0.636. The molecule has 0 aliphatic heterocycles. The molecule has 1 amide bonds. The van der Waals surface area contributed by atoms with Crippen LogP contribution in [0.1, 0.15) is 40.0 Å². The second kappa shape index (κ2) is 9.12. The number of carbonyl (C=O) groups excluding carboxylic acids is 1. The normalized spacial score (nSPS) is 16.1. The minimum absolute atomic E-state index is 0.0265. The molecule has 2 atom stereocenters. The molecule has 1 aromatic carbocycles. The topological polar surface area (TPSA) is 60.0 Å². The number of ether oxygens (including phenoxy) is 3. The van der Waals surface area contributed by atoms with E-state index in [1.165, 1.54) is 12.8 Å². The highest BCUT2D eigenvalue weighted by molar-refractivity contribution is 5.93. The fraction of sp³-hybridized carbons (Fsp3) is 0.650. The molecule has 1 aliphatic rings. The number of nitrogens with one attached hydrogen (secondary N) is 1. The van der Waals surface area contributed by atoms with Crippen LogP contribution in [0.4, 0.5) is 5.69 Å². The van der Waals surface area contributed by atoms with E-state index in [0.29, 0.717) is 47.5 Å². The Kier molecular flexibility index (Phi) is 7.14. The van der Waals surface area contributed by atoms with E-state index in [9.17, 15) is 4.79 Å². The third-order valence-electron chi connectivity index (χ3n) is 5.28. The molecule has 0 aromatic heterocycles. The van der Waals surface area contributed by atoms with Gasteiger partial charge in [0.25, 0.3) is 0 Å². The minimum Gasteiger partial charge on any atom is -0.493 e. The van der Waals surface area contributed by atoms with Crippen LogP contribution in [0.5, 0.6) is 17.2 Å². The largest absolute Gasteiger partial charge is 0.493 e. The summed E-state index contributed by atoms with van der Waals surface area (Å²) in [5, 5.41) is 2.97. The number of amides is 1. The molecule has 0 saturated heterocycles. The highest BCUT2D eigenvalue weighted by atomic mass is 16.5. The monoisotopic (exact) mass is 364 g/mol. The van der Waals surface area contributed by atoms with Crippen molar-refractivity contribution in [2.45, 2.75) is 52.1 Å². The van der Waals surface area contributed by atoms with Gasteiger partial charge in [0.1, 0.15) is 0 Å². The van der Waals surface area contributed by atoms with Crippen molar-refractivity contribution >= 4 is 11.6 Å². The fourth-order valence-electron chi connectivity index (χ4n) is 3.20. The molecular weight excluding hydrogens is 332 g/mol. The van der Waals surface area contributed by atoms with Crippen molar-refractivity contribution < 1.29 is 19.0 Å². The van der Waals surface area contributed by atoms with Crippen LogP contribution in [0.15, 0.2) is 12.1 Å². The van der Waals surface area contributed by atoms with Crippen molar-refractivity contribution in [2.24, 2.45) is 5.92 Å². The molecule has 0 heterocycles. The van der Waals surface area contributed by atoms with E-state index < -0.39 is 0 Å². The van der Waals surface area contributed by atoms with E-state index >= 15 is 0 Å². The second-order valence-electron chi connectivity index (χ2n) is 6.99. The lowest BCUT2D eigenvalue weighted by atomic mass is 9.99. The van der Waals surface area contributed by atoms with Gasteiger partial charge in [-0.3, -0.25) is 9.69 Å². The van der Waals surface area contributed by atoms with Crippen LogP contribution >= 0.6 is 0 Å². The van der Waals surface area contributed by atoms with Gasteiger partial charge in [-0.25, -0.2) is 0 Å². The zero-order valence-corrected chi connectivity index (χ0v) is 16.8. The van der Waals surface area contributed by atoms with Gasteiger partial charge in [-0.2, -0.15) is 0 Å². The lowest BCUT2D eigenvalue weighted by Crippen LogP contribution is -2.43. The summed E-state index contributed by atoms with van der Waals surface area (Å²) in [6.07, 6.45) is 3.47. The number of benzene rings is 1. The molecule has 1 saturated carbocycles. The molecule has 1 N–H and O–H groups in total. The average Bonchev–Trinajstić information content (AvgIpc) is 3.48. The van der Waals surface area contributed by atoms with Crippen molar-refractivity contribution in [3.05, 3.63) is 12.1 Å². The van der Waals surface area contributed by atoms with Crippen LogP contribution in [0, 0.1) is 5.92 Å². The zero-order chi connectivity index (χ0) is 19.3. The summed E-state index contributed by atoms with van der Waals surface area (Å²) >= 11 is 0. The molecule has 6 nitrogen and oxygen atoms in total. The fourth-order valence-corrected chi connectivity index (χ4v) is 3.20. The molecule has 1 aromatic rings. The summed E-state index contributed by atoms with van der Waals surface area (Å²) in [7, 11) is 4.68. The van der Waals surface area contributed by atoms with Crippen molar-refractivity contribution in [1.82, 2.24) is 4.90 Å². The molecule has 0 bridgehead atoms. The summed E-state index contributed by atoms with van der Waals surface area (Å²) in [6.45, 7) is 7.06. The Morgan fingerprint density at radius 2 is 1.73 bits per heavy atom. The van der Waals surface area contributed by atoms with Crippen molar-refractivity contribution in [3.8, 4) is 17.2 Å². The van der Waals surface area contributed by atoms with Crippen LogP contribution in [0.3, 0.4) is 0 Å². The predicted octanol–water partition coefficient (Wildman–Crippen LogP) is 3.55. The standard InChI is InChI=1S/C20H32N2O4/c1-7-13(2)14(3)22(16-8-9-16)12-19(23)21-15-10-17(24-4)20(26-6)18(11-15)25-5/h10-11,13-14,16H,7-9,12H2,1-6H3,(H,21,23). The maximum Gasteiger partial charge on any atom is 0.238 e. The molecular formula is C20H32N2O4. The minimum atomic E-state index is -0.0265. The van der Waals surface area contributed by atoms with Gasteiger partial charge in [-0.15, -0.1) is 0 Å². The SMILES string of the molecule is CCC(C)C(C)N(CC(=O)Nc1cc(OC)c(OC)c(OC)c1)C1CC1. The molecule has 2 unspecified atom stereocenters. The van der Waals surface area contributed by atoms with Crippen molar-refractivity contribution in [3.63, 3.8) is 0 Å². The van der Waals surface area contributed by atoms with Gasteiger partial charge < -0.3 is 19.5 Å². The number of rotatable bonds is 10. The van der Waals surface area contributed by atoms with Gasteiger partial charge in [0.15, 0.2) is 11.5 Å². The molecule has 6 heteroatoms. The van der Waals surface area contributed by atoms with Gasteiger partial charge in [-0.1, -0.05) is 20.3 Å². The molecule has 146 valence electrons. The van der Waals surface area contributed by atoms with Crippen LogP contribution < -0.4 is 19.5 Å². The molecule has 2 rings (SSSR count). The zero-order valence-electron chi connectivity index (χ0n) is 16.8. The number of anilines is 1. The van der Waals surface area contributed by atoms with E-state index in [4.69, 9.17) is 14.2 Å². The molecule has 0 spiro atoms. The Bertz CT molecular complexity index is 591. The third kappa shape index (κ3) is 4.81. The molecule has 1 aliphatic carbocycles. The maximum atomic E-state index is 12.7. The Balaban J connectivity index is 2.11. The summed E-state index contributed by atoms with van der Waals surface area (Å²) < 4.78 is 16.0. The Labute approximate surface area is 156 Å². The summed E-state index contributed by atoms with van der Waals surface area (Å²) in [4.78, 5) is 15.0. The first-order valence-corrected chi connectivity index (χ1v) is 9.30. The predicted molar refractivity (Wildman–Crippen MR) is 103 cm³/mol. The smallest absolute Gasteiger partial charge is 0.238 e. The Morgan fingerprint density at radius 3 is 2.15 bits per heavy atom. The highest BCUT2D eigenvalue weighted by Gasteiger charge is 2.35. The first-order valence-electron chi connectivity index (χ1n) is 9.30. The van der Waals surface area contributed by atoms with Crippen LogP contribution in [0.25, 0.3) is 0 Å². The van der Waals surface area contributed by atoms with Gasteiger partial charge >= 0.3 is 0 Å². The maximum absolute atomic E-state index is 12.7. The number of hydrogen-bond acceptors (Lipinski definition) is 5.